The zero-order valence-electron chi connectivity index (χ0n) is 11.2. The van der Waals surface area contributed by atoms with Crippen molar-refractivity contribution in [3.63, 3.8) is 0 Å². The third kappa shape index (κ3) is 2.67. The van der Waals surface area contributed by atoms with Crippen molar-refractivity contribution in [1.29, 1.82) is 0 Å². The molecule has 3 atom stereocenters. The second kappa shape index (κ2) is 5.61. The van der Waals surface area contributed by atoms with Crippen molar-refractivity contribution in [2.24, 2.45) is 16.6 Å². The molecule has 1 aromatic rings. The lowest BCUT2D eigenvalue weighted by Gasteiger charge is -2.23. The first kappa shape index (κ1) is 14.5. The highest BCUT2D eigenvalue weighted by molar-refractivity contribution is 5.93. The van der Waals surface area contributed by atoms with Crippen LogP contribution in [-0.2, 0) is 0 Å². The molecular weight excluding hydrogens is 262 g/mol. The summed E-state index contributed by atoms with van der Waals surface area (Å²) in [5.41, 5.74) is 6.64. The minimum Gasteiger partial charge on any atom is -0.396 e. The van der Waals surface area contributed by atoms with E-state index in [1.54, 1.807) is 6.92 Å². The predicted molar refractivity (Wildman–Crippen MR) is 73.8 cm³/mol. The molecule has 2 rings (SSSR count). The highest BCUT2D eigenvalue weighted by Crippen LogP contribution is 2.30. The van der Waals surface area contributed by atoms with E-state index < -0.39 is 18.2 Å². The van der Waals surface area contributed by atoms with Crippen LogP contribution in [0.25, 0.3) is 5.70 Å². The van der Waals surface area contributed by atoms with Gasteiger partial charge in [-0.15, -0.1) is 0 Å². The molecule has 0 spiro atoms. The normalized spacial score (nSPS) is 18.8. The number of nitrogens with zero attached hydrogens (tertiary/aromatic N) is 3. The fourth-order valence-electron chi connectivity index (χ4n) is 2.06. The van der Waals surface area contributed by atoms with E-state index in [1.165, 1.54) is 10.9 Å². The number of hydrogen-bond acceptors (Lipinski definition) is 7. The smallest absolute Gasteiger partial charge is 0.199 e. The number of nitrogens with two attached hydrogens (primary N) is 1. The molecule has 8 nitrogen and oxygen atoms in total. The molecule has 0 aromatic carbocycles. The quantitative estimate of drug-likeness (QED) is 0.484. The molecule has 0 fully saturated rings. The van der Waals surface area contributed by atoms with E-state index >= 15 is 0 Å². The van der Waals surface area contributed by atoms with Gasteiger partial charge in [0.15, 0.2) is 11.8 Å². The van der Waals surface area contributed by atoms with Crippen LogP contribution in [0.5, 0.6) is 0 Å². The predicted octanol–water partition coefficient (Wildman–Crippen LogP) is -0.727. The Balaban J connectivity index is 2.25. The first-order valence-electron chi connectivity index (χ1n) is 6.28. The molecule has 0 bridgehead atoms. The van der Waals surface area contributed by atoms with E-state index in [4.69, 9.17) is 5.73 Å². The molecule has 3 unspecified atom stereocenters. The van der Waals surface area contributed by atoms with Gasteiger partial charge in [0.05, 0.1) is 18.1 Å². The van der Waals surface area contributed by atoms with Crippen molar-refractivity contribution in [3.8, 4) is 0 Å². The molecule has 0 saturated carbocycles. The lowest BCUT2D eigenvalue weighted by Crippen LogP contribution is -2.32. The number of aliphatic hydroxyl groups is 3. The number of aliphatic hydroxyl groups excluding tert-OH is 3. The highest BCUT2D eigenvalue weighted by atomic mass is 16.3. The van der Waals surface area contributed by atoms with Crippen LogP contribution < -0.4 is 11.1 Å². The fourth-order valence-corrected chi connectivity index (χ4v) is 2.06. The highest BCUT2D eigenvalue weighted by Gasteiger charge is 2.25. The first-order valence-corrected chi connectivity index (χ1v) is 6.28. The summed E-state index contributed by atoms with van der Waals surface area (Å²) in [6, 6.07) is 0. The Kier molecular flexibility index (Phi) is 4.07. The minimum absolute atomic E-state index is 0.172. The third-order valence-electron chi connectivity index (χ3n) is 3.31. The van der Waals surface area contributed by atoms with Crippen molar-refractivity contribution in [3.05, 3.63) is 18.6 Å². The molecule has 1 aliphatic rings. The van der Waals surface area contributed by atoms with Crippen molar-refractivity contribution >= 4 is 17.5 Å². The van der Waals surface area contributed by atoms with E-state index in [0.29, 0.717) is 17.2 Å². The Morgan fingerprint density at radius 3 is 2.80 bits per heavy atom. The molecule has 0 aliphatic carbocycles. The maximum absolute atomic E-state index is 10.2. The molecule has 1 aromatic heterocycles. The zero-order chi connectivity index (χ0) is 14.9. The number of nitrogens with one attached hydrogen (secondary N) is 1. The van der Waals surface area contributed by atoms with Gasteiger partial charge >= 0.3 is 0 Å². The number of aliphatic imine (C=N–C) groups is 1. The molecule has 110 valence electrons. The van der Waals surface area contributed by atoms with Crippen LogP contribution in [-0.4, -0.2) is 43.5 Å². The summed E-state index contributed by atoms with van der Waals surface area (Å²) < 4.78 is 1.44. The van der Waals surface area contributed by atoms with Crippen molar-refractivity contribution < 1.29 is 15.3 Å². The number of hydrogen-bond donors (Lipinski definition) is 5. The van der Waals surface area contributed by atoms with Gasteiger partial charge in [0.25, 0.3) is 0 Å². The van der Waals surface area contributed by atoms with Crippen LogP contribution in [0.1, 0.15) is 25.3 Å². The maximum atomic E-state index is 10.2. The number of rotatable bonds is 5. The Labute approximate surface area is 116 Å². The molecular formula is C12H19N5O3. The van der Waals surface area contributed by atoms with E-state index in [-0.39, 0.29) is 19.0 Å². The Morgan fingerprint density at radius 2 is 2.20 bits per heavy atom. The average Bonchev–Trinajstić information content (AvgIpc) is 2.79. The topological polar surface area (TPSA) is 129 Å². The lowest BCUT2D eigenvalue weighted by atomic mass is 10.00. The monoisotopic (exact) mass is 281 g/mol. The molecule has 0 amide bonds. The van der Waals surface area contributed by atoms with Gasteiger partial charge in [-0.25, -0.2) is 4.98 Å². The molecule has 6 N–H and O–H groups in total. The van der Waals surface area contributed by atoms with Crippen LogP contribution >= 0.6 is 0 Å². The standard InChI is InChI=1S/C12H19N5O3/c1-6-10-11(16-12(13)15-6)17(5-14-10)9(20)3-8(4-18)7(2)19/h5,7-9,18-20H,1,3-4H2,2H3,(H3,13,15,16). The first-order chi connectivity index (χ1) is 9.43. The molecule has 1 aliphatic heterocycles. The summed E-state index contributed by atoms with van der Waals surface area (Å²) in [4.78, 5) is 8.22. The molecule has 0 radical (unpaired) electrons. The molecule has 8 heteroatoms. The van der Waals surface area contributed by atoms with Gasteiger partial charge in [-0.3, -0.25) is 4.57 Å². The van der Waals surface area contributed by atoms with Crippen molar-refractivity contribution in [1.82, 2.24) is 14.9 Å². The van der Waals surface area contributed by atoms with Crippen molar-refractivity contribution in [2.75, 3.05) is 6.61 Å². The van der Waals surface area contributed by atoms with Crippen LogP contribution in [0.15, 0.2) is 17.9 Å². The third-order valence-corrected chi connectivity index (χ3v) is 3.31. The Morgan fingerprint density at radius 1 is 1.50 bits per heavy atom. The number of guanidine groups is 1. The number of fused-ring (bicyclic) bond motifs is 1. The summed E-state index contributed by atoms with van der Waals surface area (Å²) in [6.07, 6.45) is -0.0905. The largest absolute Gasteiger partial charge is 0.396 e. The fraction of sp³-hybridized carbons (Fsp3) is 0.500. The summed E-state index contributed by atoms with van der Waals surface area (Å²) in [5.74, 6) is 0.140. The molecule has 2 heterocycles. The van der Waals surface area contributed by atoms with Gasteiger partial charge in [0, 0.05) is 12.5 Å². The van der Waals surface area contributed by atoms with Gasteiger partial charge in [-0.1, -0.05) is 6.58 Å². The summed E-state index contributed by atoms with van der Waals surface area (Å²) in [5, 5.41) is 31.7. The maximum Gasteiger partial charge on any atom is 0.199 e. The summed E-state index contributed by atoms with van der Waals surface area (Å²) in [6.45, 7) is 5.13. The van der Waals surface area contributed by atoms with Gasteiger partial charge in [0.1, 0.15) is 11.9 Å². The van der Waals surface area contributed by atoms with Crippen LogP contribution in [0.4, 0.5) is 5.82 Å². The second-order valence-corrected chi connectivity index (χ2v) is 4.82. The SMILES string of the molecule is C=C1NC(N)=Nc2c1ncn2C(O)CC(CO)C(C)O. The lowest BCUT2D eigenvalue weighted by molar-refractivity contribution is 0.0136. The number of imidazole rings is 1. The van der Waals surface area contributed by atoms with E-state index in [0.717, 1.165) is 0 Å². The van der Waals surface area contributed by atoms with Crippen LogP contribution in [0, 0.1) is 5.92 Å². The van der Waals surface area contributed by atoms with Crippen LogP contribution in [0.2, 0.25) is 0 Å². The Hall–Kier alpha value is -1.90. The zero-order valence-corrected chi connectivity index (χ0v) is 11.2. The minimum atomic E-state index is -0.972. The number of aromatic nitrogens is 2. The molecule has 20 heavy (non-hydrogen) atoms. The van der Waals surface area contributed by atoms with E-state index in [1.807, 2.05) is 0 Å². The van der Waals surface area contributed by atoms with Gasteiger partial charge < -0.3 is 26.4 Å². The van der Waals surface area contributed by atoms with Crippen molar-refractivity contribution in [2.45, 2.75) is 25.7 Å². The second-order valence-electron chi connectivity index (χ2n) is 4.82. The molecule has 0 saturated heterocycles. The van der Waals surface area contributed by atoms with Crippen LogP contribution in [0.3, 0.4) is 0 Å². The van der Waals surface area contributed by atoms with Gasteiger partial charge in [0.2, 0.25) is 0 Å². The van der Waals surface area contributed by atoms with Gasteiger partial charge in [-0.05, 0) is 13.3 Å². The average molecular weight is 281 g/mol. The summed E-state index contributed by atoms with van der Waals surface area (Å²) >= 11 is 0. The Bertz CT molecular complexity index is 537. The van der Waals surface area contributed by atoms with Gasteiger partial charge in [-0.2, -0.15) is 4.99 Å². The van der Waals surface area contributed by atoms with E-state index in [9.17, 15) is 15.3 Å². The summed E-state index contributed by atoms with van der Waals surface area (Å²) in [7, 11) is 0. The van der Waals surface area contributed by atoms with E-state index in [2.05, 4.69) is 21.9 Å².